The summed E-state index contributed by atoms with van der Waals surface area (Å²) < 4.78 is 6.15. The van der Waals surface area contributed by atoms with E-state index < -0.39 is 6.09 Å². The van der Waals surface area contributed by atoms with Gasteiger partial charge < -0.3 is 15.3 Å². The van der Waals surface area contributed by atoms with Crippen LogP contribution >= 0.6 is 22.9 Å². The maximum Gasteiger partial charge on any atom is 0.412 e. The van der Waals surface area contributed by atoms with Crippen molar-refractivity contribution >= 4 is 45.8 Å². The van der Waals surface area contributed by atoms with Crippen LogP contribution in [0.15, 0.2) is 28.0 Å². The molecule has 1 saturated carbocycles. The Labute approximate surface area is 165 Å². The quantitative estimate of drug-likeness (QED) is 0.563. The Morgan fingerprint density at radius 3 is 2.93 bits per heavy atom. The number of pyridine rings is 1. The van der Waals surface area contributed by atoms with Crippen LogP contribution in [0.3, 0.4) is 0 Å². The Balaban J connectivity index is 1.87. The standard InChI is InChI=1S/C19H20ClN3O3S/c1-10(21)7-14-16(11-4-5-11)17-18(26-14)13(8-15(20)22-17)23(19(24)25)9-12-3-2-6-27-12/h2-3,6,8,10-11H,4-5,7,9,21H2,1H3,(H,24,25)/t10-/m0/s1. The topological polar surface area (TPSA) is 92.6 Å². The van der Waals surface area contributed by atoms with E-state index in [2.05, 4.69) is 4.98 Å². The van der Waals surface area contributed by atoms with E-state index in [0.717, 1.165) is 29.0 Å². The van der Waals surface area contributed by atoms with Gasteiger partial charge in [-0.05, 0) is 37.1 Å². The lowest BCUT2D eigenvalue weighted by molar-refractivity contribution is 0.201. The van der Waals surface area contributed by atoms with Crippen molar-refractivity contribution in [3.63, 3.8) is 0 Å². The molecule has 6 nitrogen and oxygen atoms in total. The number of fused-ring (bicyclic) bond motifs is 1. The fourth-order valence-electron chi connectivity index (χ4n) is 3.33. The largest absolute Gasteiger partial charge is 0.465 e. The molecule has 1 atom stereocenters. The predicted octanol–water partition coefficient (Wildman–Crippen LogP) is 4.99. The Morgan fingerprint density at radius 2 is 2.33 bits per heavy atom. The van der Waals surface area contributed by atoms with E-state index in [1.54, 1.807) is 6.07 Å². The van der Waals surface area contributed by atoms with Gasteiger partial charge in [0.05, 0.1) is 12.2 Å². The summed E-state index contributed by atoms with van der Waals surface area (Å²) in [5.74, 6) is 1.18. The lowest BCUT2D eigenvalue weighted by Gasteiger charge is -2.18. The van der Waals surface area contributed by atoms with Crippen molar-refractivity contribution in [2.45, 2.75) is 44.7 Å². The van der Waals surface area contributed by atoms with Crippen LogP contribution in [0.4, 0.5) is 10.5 Å². The average Bonchev–Trinajstić information content (AvgIpc) is 3.16. The highest BCUT2D eigenvalue weighted by Gasteiger charge is 2.34. The fourth-order valence-corrected chi connectivity index (χ4v) is 4.22. The second-order valence-corrected chi connectivity index (χ2v) is 8.40. The Hall–Kier alpha value is -2.09. The second-order valence-electron chi connectivity index (χ2n) is 6.98. The lowest BCUT2D eigenvalue weighted by Crippen LogP contribution is -2.28. The van der Waals surface area contributed by atoms with E-state index in [4.69, 9.17) is 21.8 Å². The van der Waals surface area contributed by atoms with Gasteiger partial charge in [0, 0.05) is 29.0 Å². The maximum absolute atomic E-state index is 12.0. The highest BCUT2D eigenvalue weighted by atomic mass is 35.5. The molecule has 4 rings (SSSR count). The fraction of sp³-hybridized carbons (Fsp3) is 0.368. The monoisotopic (exact) mass is 405 g/mol. The number of hydrogen-bond donors (Lipinski definition) is 2. The zero-order chi connectivity index (χ0) is 19.1. The lowest BCUT2D eigenvalue weighted by atomic mass is 10.1. The number of carbonyl (C=O) groups is 1. The Bertz CT molecular complexity index is 980. The number of halogens is 1. The number of nitrogens with zero attached hydrogens (tertiary/aromatic N) is 2. The first-order valence-corrected chi connectivity index (χ1v) is 10.1. The van der Waals surface area contributed by atoms with Crippen molar-refractivity contribution < 1.29 is 14.3 Å². The number of aromatic nitrogens is 1. The molecule has 0 unspecified atom stereocenters. The van der Waals surface area contributed by atoms with Crippen LogP contribution in [-0.4, -0.2) is 22.2 Å². The SMILES string of the molecule is C[C@H](N)Cc1oc2c(N(Cc3cccs3)C(=O)O)cc(Cl)nc2c1C1CC1. The summed E-state index contributed by atoms with van der Waals surface area (Å²) in [4.78, 5) is 18.7. The van der Waals surface area contributed by atoms with E-state index in [-0.39, 0.29) is 17.7 Å². The van der Waals surface area contributed by atoms with Crippen LogP contribution in [0.25, 0.3) is 11.1 Å². The molecule has 3 aromatic rings. The van der Waals surface area contributed by atoms with Gasteiger partial charge in [-0.25, -0.2) is 9.78 Å². The molecule has 0 saturated heterocycles. The third-order valence-corrected chi connectivity index (χ3v) is 5.67. The predicted molar refractivity (Wildman–Crippen MR) is 107 cm³/mol. The smallest absolute Gasteiger partial charge is 0.412 e. The van der Waals surface area contributed by atoms with E-state index in [1.807, 2.05) is 24.4 Å². The third kappa shape index (κ3) is 3.67. The number of anilines is 1. The summed E-state index contributed by atoms with van der Waals surface area (Å²) in [7, 11) is 0. The Kier molecular flexibility index (Phi) is 4.84. The molecule has 1 amide bonds. The summed E-state index contributed by atoms with van der Waals surface area (Å²) in [5.41, 5.74) is 8.58. The van der Waals surface area contributed by atoms with Crippen LogP contribution in [0, 0.1) is 0 Å². The van der Waals surface area contributed by atoms with Gasteiger partial charge >= 0.3 is 6.09 Å². The third-order valence-electron chi connectivity index (χ3n) is 4.61. The molecule has 0 aliphatic heterocycles. The maximum atomic E-state index is 12.0. The molecular weight excluding hydrogens is 386 g/mol. The van der Waals surface area contributed by atoms with Gasteiger partial charge in [0.2, 0.25) is 0 Å². The van der Waals surface area contributed by atoms with E-state index >= 15 is 0 Å². The number of rotatable bonds is 6. The first kappa shape index (κ1) is 18.3. The number of thiophene rings is 1. The number of nitrogens with two attached hydrogens (primary N) is 1. The number of amides is 1. The van der Waals surface area contributed by atoms with Gasteiger partial charge in [0.1, 0.15) is 16.4 Å². The second kappa shape index (κ2) is 7.14. The van der Waals surface area contributed by atoms with Crippen LogP contribution in [0.2, 0.25) is 5.15 Å². The van der Waals surface area contributed by atoms with Gasteiger partial charge in [-0.2, -0.15) is 0 Å². The van der Waals surface area contributed by atoms with Gasteiger partial charge in [-0.15, -0.1) is 11.3 Å². The van der Waals surface area contributed by atoms with Gasteiger partial charge in [-0.1, -0.05) is 17.7 Å². The molecule has 0 aromatic carbocycles. The van der Waals surface area contributed by atoms with Crippen LogP contribution in [-0.2, 0) is 13.0 Å². The van der Waals surface area contributed by atoms with Crippen molar-refractivity contribution in [2.75, 3.05) is 4.90 Å². The van der Waals surface area contributed by atoms with E-state index in [1.165, 1.54) is 16.2 Å². The molecule has 0 bridgehead atoms. The zero-order valence-electron chi connectivity index (χ0n) is 14.8. The van der Waals surface area contributed by atoms with Crippen molar-refractivity contribution in [3.05, 3.63) is 44.9 Å². The molecule has 1 aliphatic rings. The van der Waals surface area contributed by atoms with Gasteiger partial charge in [-0.3, -0.25) is 4.90 Å². The highest BCUT2D eigenvalue weighted by Crippen LogP contribution is 2.48. The van der Waals surface area contributed by atoms with Crippen LogP contribution in [0.1, 0.15) is 41.9 Å². The summed E-state index contributed by atoms with van der Waals surface area (Å²) in [5, 5.41) is 12.0. The molecular formula is C19H20ClN3O3S. The van der Waals surface area contributed by atoms with E-state index in [0.29, 0.717) is 29.1 Å². The number of furan rings is 1. The van der Waals surface area contributed by atoms with Gasteiger partial charge in [0.25, 0.3) is 0 Å². The molecule has 8 heteroatoms. The molecule has 3 N–H and O–H groups in total. The number of hydrogen-bond acceptors (Lipinski definition) is 5. The molecule has 0 spiro atoms. The molecule has 3 heterocycles. The highest BCUT2D eigenvalue weighted by molar-refractivity contribution is 7.09. The summed E-state index contributed by atoms with van der Waals surface area (Å²) in [6, 6.07) is 5.29. The van der Waals surface area contributed by atoms with Gasteiger partial charge in [0.15, 0.2) is 5.58 Å². The normalized spacial score (nSPS) is 15.2. The van der Waals surface area contributed by atoms with Crippen LogP contribution < -0.4 is 10.6 Å². The molecule has 0 radical (unpaired) electrons. The van der Waals surface area contributed by atoms with Crippen molar-refractivity contribution in [3.8, 4) is 0 Å². The average molecular weight is 406 g/mol. The van der Waals surface area contributed by atoms with Crippen molar-refractivity contribution in [1.82, 2.24) is 4.98 Å². The summed E-state index contributed by atoms with van der Waals surface area (Å²) in [6.07, 6.45) is 1.66. The minimum Gasteiger partial charge on any atom is -0.465 e. The molecule has 142 valence electrons. The molecule has 3 aromatic heterocycles. The van der Waals surface area contributed by atoms with Crippen LogP contribution in [0.5, 0.6) is 0 Å². The summed E-state index contributed by atoms with van der Waals surface area (Å²) in [6.45, 7) is 2.15. The van der Waals surface area contributed by atoms with E-state index in [9.17, 15) is 9.90 Å². The molecule has 1 fully saturated rings. The molecule has 27 heavy (non-hydrogen) atoms. The van der Waals surface area contributed by atoms with Crippen molar-refractivity contribution in [1.29, 1.82) is 0 Å². The van der Waals surface area contributed by atoms with Crippen molar-refractivity contribution in [2.24, 2.45) is 5.73 Å². The Morgan fingerprint density at radius 1 is 1.56 bits per heavy atom. The minimum atomic E-state index is -1.06. The minimum absolute atomic E-state index is 0.0660. The number of carboxylic acid groups (broad SMARTS) is 1. The molecule has 1 aliphatic carbocycles. The summed E-state index contributed by atoms with van der Waals surface area (Å²) >= 11 is 7.78. The first-order chi connectivity index (χ1) is 12.9. The zero-order valence-corrected chi connectivity index (χ0v) is 16.4. The first-order valence-electron chi connectivity index (χ1n) is 8.84.